The Balaban J connectivity index is 3.82. The van der Waals surface area contributed by atoms with Crippen molar-refractivity contribution in [2.45, 2.75) is 6.04 Å². The predicted octanol–water partition coefficient (Wildman–Crippen LogP) is -0.734. The van der Waals surface area contributed by atoms with Crippen LogP contribution >= 0.6 is 10.8 Å². The quantitative estimate of drug-likeness (QED) is 0.533. The van der Waals surface area contributed by atoms with E-state index in [2.05, 4.69) is 11.2 Å². The van der Waals surface area contributed by atoms with Crippen LogP contribution in [0.3, 0.4) is 0 Å². The van der Waals surface area contributed by atoms with Crippen LogP contribution in [0.2, 0.25) is 0 Å². The molecule has 0 aromatic heterocycles. The fraction of sp³-hybridized carbons (Fsp3) is 0.667. The van der Waals surface area contributed by atoms with Crippen LogP contribution < -0.4 is 5.73 Å². The largest absolute Gasteiger partial charge is 0.480 e. The SMILES string of the molecule is N[C@@H](CSS(=O)(O)=S)C(=O)O. The van der Waals surface area contributed by atoms with Crippen molar-refractivity contribution in [3.63, 3.8) is 0 Å². The van der Waals surface area contributed by atoms with Gasteiger partial charge in [0.15, 0.2) is 7.80 Å². The fourth-order valence-electron chi connectivity index (χ4n) is 0.231. The third kappa shape index (κ3) is 6.51. The smallest absolute Gasteiger partial charge is 0.321 e. The molecule has 0 aliphatic carbocycles. The summed E-state index contributed by atoms with van der Waals surface area (Å²) >= 11 is 4.09. The zero-order valence-corrected chi connectivity index (χ0v) is 7.75. The van der Waals surface area contributed by atoms with Crippen LogP contribution in [-0.2, 0) is 23.8 Å². The van der Waals surface area contributed by atoms with Crippen LogP contribution in [-0.4, -0.2) is 31.6 Å². The van der Waals surface area contributed by atoms with Gasteiger partial charge in [-0.15, -0.1) is 0 Å². The highest BCUT2D eigenvalue weighted by molar-refractivity contribution is 8.83. The number of aliphatic carboxylic acids is 1. The van der Waals surface area contributed by atoms with Gasteiger partial charge >= 0.3 is 5.97 Å². The summed E-state index contributed by atoms with van der Waals surface area (Å²) in [5, 5.41) is 8.23. The summed E-state index contributed by atoms with van der Waals surface area (Å²) in [6.07, 6.45) is 0. The summed E-state index contributed by atoms with van der Waals surface area (Å²) in [4.78, 5) is 10.1. The minimum atomic E-state index is -3.35. The molecule has 0 saturated heterocycles. The fourth-order valence-corrected chi connectivity index (χ4v) is 2.15. The summed E-state index contributed by atoms with van der Waals surface area (Å²) in [5.74, 6) is -1.37. The van der Waals surface area contributed by atoms with Crippen LogP contribution in [0, 0.1) is 0 Å². The first kappa shape index (κ1) is 11.1. The highest BCUT2D eigenvalue weighted by Gasteiger charge is 2.13. The number of rotatable bonds is 4. The number of hydrogen-bond acceptors (Lipinski definition) is 5. The number of carboxylic acids is 1. The third-order valence-corrected chi connectivity index (χ3v) is 3.67. The minimum Gasteiger partial charge on any atom is -0.480 e. The number of hydrogen-bond donors (Lipinski definition) is 3. The van der Waals surface area contributed by atoms with E-state index in [0.29, 0.717) is 10.8 Å². The molecule has 0 aromatic rings. The van der Waals surface area contributed by atoms with Crippen LogP contribution in [0.25, 0.3) is 0 Å². The first-order valence-corrected chi connectivity index (χ1v) is 6.37. The van der Waals surface area contributed by atoms with E-state index in [4.69, 9.17) is 15.4 Å². The van der Waals surface area contributed by atoms with E-state index in [-0.39, 0.29) is 5.75 Å². The summed E-state index contributed by atoms with van der Waals surface area (Å²) in [6.45, 7) is 0. The number of carboxylic acid groups (broad SMARTS) is 1. The summed E-state index contributed by atoms with van der Waals surface area (Å²) in [5.41, 5.74) is 5.02. The van der Waals surface area contributed by atoms with Gasteiger partial charge in [0, 0.05) is 16.9 Å². The van der Waals surface area contributed by atoms with Gasteiger partial charge in [-0.2, -0.15) is 0 Å². The average molecular weight is 217 g/mol. The Morgan fingerprint density at radius 2 is 2.27 bits per heavy atom. The maximum Gasteiger partial charge on any atom is 0.321 e. The summed E-state index contributed by atoms with van der Waals surface area (Å²) < 4.78 is 18.9. The van der Waals surface area contributed by atoms with Crippen LogP contribution in [0.15, 0.2) is 0 Å². The van der Waals surface area contributed by atoms with Crippen molar-refractivity contribution in [1.82, 2.24) is 0 Å². The lowest BCUT2D eigenvalue weighted by Crippen LogP contribution is -2.32. The Morgan fingerprint density at radius 1 is 1.82 bits per heavy atom. The van der Waals surface area contributed by atoms with E-state index in [0.717, 1.165) is 0 Å². The molecule has 0 spiro atoms. The monoisotopic (exact) mass is 217 g/mol. The molecule has 5 nitrogen and oxygen atoms in total. The molecule has 0 fully saturated rings. The van der Waals surface area contributed by atoms with Gasteiger partial charge in [-0.05, 0) is 10.8 Å². The van der Waals surface area contributed by atoms with Crippen molar-refractivity contribution < 1.29 is 18.7 Å². The Bertz CT molecular complexity index is 235. The highest BCUT2D eigenvalue weighted by Crippen LogP contribution is 2.10. The molecule has 2 atom stereocenters. The second kappa shape index (κ2) is 4.21. The lowest BCUT2D eigenvalue weighted by atomic mass is 10.4. The molecule has 66 valence electrons. The lowest BCUT2D eigenvalue weighted by Gasteiger charge is -2.03. The van der Waals surface area contributed by atoms with E-state index in [1.54, 1.807) is 0 Å². The predicted molar refractivity (Wildman–Crippen MR) is 46.2 cm³/mol. The van der Waals surface area contributed by atoms with Gasteiger partial charge in [0.25, 0.3) is 0 Å². The molecule has 4 N–H and O–H groups in total. The standard InChI is InChI=1S/C3H7NO4S3/c4-2(3(5)6)1-10-11(7,8)9/h2H,1,4H2,(H,5,6)(H,7,8,9)/t2-/m0/s1. The molecule has 0 radical (unpaired) electrons. The van der Waals surface area contributed by atoms with Gasteiger partial charge in [0.2, 0.25) is 0 Å². The molecule has 0 rings (SSSR count). The molecule has 0 saturated carbocycles. The van der Waals surface area contributed by atoms with Gasteiger partial charge < -0.3 is 10.8 Å². The number of carbonyl (C=O) groups is 1. The Kier molecular flexibility index (Phi) is 4.26. The van der Waals surface area contributed by atoms with Crippen molar-refractivity contribution in [2.75, 3.05) is 5.75 Å². The molecule has 0 bridgehead atoms. The van der Waals surface area contributed by atoms with E-state index in [1.165, 1.54) is 0 Å². The van der Waals surface area contributed by atoms with Crippen LogP contribution in [0.5, 0.6) is 0 Å². The molecular formula is C3H7NO4S3. The van der Waals surface area contributed by atoms with Gasteiger partial charge in [0.1, 0.15) is 6.04 Å². The van der Waals surface area contributed by atoms with Crippen molar-refractivity contribution >= 4 is 35.8 Å². The van der Waals surface area contributed by atoms with Crippen LogP contribution in [0.1, 0.15) is 0 Å². The van der Waals surface area contributed by atoms with E-state index in [1.807, 2.05) is 0 Å². The summed E-state index contributed by atoms with van der Waals surface area (Å²) in [7, 11) is -2.88. The maximum absolute atomic E-state index is 10.4. The van der Waals surface area contributed by atoms with Crippen molar-refractivity contribution in [3.8, 4) is 0 Å². The van der Waals surface area contributed by atoms with Gasteiger partial charge in [-0.1, -0.05) is 0 Å². The molecule has 0 heterocycles. The maximum atomic E-state index is 10.4. The Hall–Kier alpha value is 0.110. The van der Waals surface area contributed by atoms with Crippen molar-refractivity contribution in [2.24, 2.45) is 5.73 Å². The zero-order chi connectivity index (χ0) is 9.07. The molecule has 0 aromatic carbocycles. The topological polar surface area (TPSA) is 101 Å². The van der Waals surface area contributed by atoms with Crippen molar-refractivity contribution in [3.05, 3.63) is 0 Å². The molecule has 1 unspecified atom stereocenters. The third-order valence-electron chi connectivity index (χ3n) is 0.714. The minimum absolute atomic E-state index is 0.159. The molecule has 0 amide bonds. The molecular weight excluding hydrogens is 210 g/mol. The second-order valence-electron chi connectivity index (χ2n) is 1.66. The van der Waals surface area contributed by atoms with Gasteiger partial charge in [-0.25, -0.2) is 4.21 Å². The molecule has 0 aliphatic rings. The van der Waals surface area contributed by atoms with Crippen LogP contribution in [0.4, 0.5) is 0 Å². The first-order valence-electron chi connectivity index (χ1n) is 2.43. The average Bonchev–Trinajstić information content (AvgIpc) is 1.80. The van der Waals surface area contributed by atoms with Gasteiger partial charge in [0.05, 0.1) is 0 Å². The normalized spacial score (nSPS) is 18.7. The van der Waals surface area contributed by atoms with E-state index in [9.17, 15) is 9.00 Å². The van der Waals surface area contributed by atoms with E-state index >= 15 is 0 Å². The van der Waals surface area contributed by atoms with Gasteiger partial charge in [-0.3, -0.25) is 9.35 Å². The highest BCUT2D eigenvalue weighted by atomic mass is 33.4. The Morgan fingerprint density at radius 3 is 2.55 bits per heavy atom. The second-order valence-corrected chi connectivity index (χ2v) is 7.13. The van der Waals surface area contributed by atoms with Crippen molar-refractivity contribution in [1.29, 1.82) is 0 Å². The molecule has 8 heteroatoms. The zero-order valence-electron chi connectivity index (χ0n) is 5.30. The Labute approximate surface area is 72.2 Å². The first-order chi connectivity index (χ1) is 4.83. The summed E-state index contributed by atoms with van der Waals surface area (Å²) in [6, 6.07) is -1.14. The molecule has 0 aliphatic heterocycles. The molecule has 11 heavy (non-hydrogen) atoms. The lowest BCUT2D eigenvalue weighted by molar-refractivity contribution is -0.137. The van der Waals surface area contributed by atoms with E-state index < -0.39 is 19.8 Å². The number of nitrogens with two attached hydrogens (primary N) is 1.